The lowest BCUT2D eigenvalue weighted by atomic mass is 10.0. The molecule has 0 aliphatic heterocycles. The molecule has 2 rings (SSSR count). The molecule has 0 bridgehead atoms. The first-order valence-corrected chi connectivity index (χ1v) is 8.62. The van der Waals surface area contributed by atoms with Gasteiger partial charge in [0.15, 0.2) is 16.6 Å². The van der Waals surface area contributed by atoms with Gasteiger partial charge >= 0.3 is 6.61 Å². The number of nitrogens with one attached hydrogen (secondary N) is 2. The van der Waals surface area contributed by atoms with Crippen LogP contribution in [0.15, 0.2) is 47.6 Å². The van der Waals surface area contributed by atoms with E-state index in [-0.39, 0.29) is 11.5 Å². The van der Waals surface area contributed by atoms with Gasteiger partial charge in [-0.3, -0.25) is 5.43 Å². The highest BCUT2D eigenvalue weighted by Gasteiger charge is 2.10. The molecular weight excluding hydrogens is 372 g/mol. The molecule has 0 unspecified atom stereocenters. The predicted octanol–water partition coefficient (Wildman–Crippen LogP) is 4.74. The Morgan fingerprint density at radius 3 is 2.41 bits per heavy atom. The molecule has 0 atom stereocenters. The maximum atomic E-state index is 12.3. The molecule has 144 valence electrons. The monoisotopic (exact) mass is 393 g/mol. The van der Waals surface area contributed by atoms with Crippen molar-refractivity contribution in [3.8, 4) is 11.5 Å². The molecule has 8 heteroatoms. The van der Waals surface area contributed by atoms with Gasteiger partial charge in [0, 0.05) is 5.69 Å². The van der Waals surface area contributed by atoms with Crippen LogP contribution in [0.1, 0.15) is 30.9 Å². The number of halogens is 2. The van der Waals surface area contributed by atoms with Gasteiger partial charge in [-0.1, -0.05) is 26.0 Å². The number of nitrogens with zero attached hydrogens (tertiary/aromatic N) is 1. The van der Waals surface area contributed by atoms with Gasteiger partial charge in [0.05, 0.1) is 13.3 Å². The van der Waals surface area contributed by atoms with Crippen LogP contribution in [-0.2, 0) is 0 Å². The standard InChI is InChI=1S/C19H21F2N3O2S/c1-12(2)14-5-7-15(8-6-14)23-19(27)24-22-11-13-4-9-16(26-18(20)21)17(10-13)25-3/h4-12,18H,1-3H3,(H2,23,24,27)/b22-11+. The SMILES string of the molecule is COc1cc(/C=N/NC(=S)Nc2ccc(C(C)C)cc2)ccc1OC(F)F. The molecule has 5 nitrogen and oxygen atoms in total. The second kappa shape index (κ2) is 9.82. The Balaban J connectivity index is 1.93. The molecule has 0 aliphatic carbocycles. The van der Waals surface area contributed by atoms with Crippen molar-refractivity contribution in [2.75, 3.05) is 12.4 Å². The molecule has 0 radical (unpaired) electrons. The Morgan fingerprint density at radius 2 is 1.81 bits per heavy atom. The number of methoxy groups -OCH3 is 1. The zero-order chi connectivity index (χ0) is 19.8. The molecule has 2 N–H and O–H groups in total. The minimum atomic E-state index is -2.92. The molecule has 0 saturated heterocycles. The van der Waals surface area contributed by atoms with Crippen LogP contribution in [-0.4, -0.2) is 25.0 Å². The number of hydrogen-bond donors (Lipinski definition) is 2. The molecule has 2 aromatic rings. The summed E-state index contributed by atoms with van der Waals surface area (Å²) in [5, 5.41) is 7.38. The number of benzene rings is 2. The summed E-state index contributed by atoms with van der Waals surface area (Å²) in [5.74, 6) is 0.605. The highest BCUT2D eigenvalue weighted by atomic mass is 32.1. The molecule has 2 aromatic carbocycles. The van der Waals surface area contributed by atoms with E-state index in [1.54, 1.807) is 6.07 Å². The number of rotatable bonds is 7. The van der Waals surface area contributed by atoms with Gasteiger partial charge in [0.1, 0.15) is 0 Å². The van der Waals surface area contributed by atoms with E-state index in [2.05, 4.69) is 34.4 Å². The lowest BCUT2D eigenvalue weighted by molar-refractivity contribution is -0.0512. The van der Waals surface area contributed by atoms with Gasteiger partial charge in [-0.05, 0) is 59.6 Å². The predicted molar refractivity (Wildman–Crippen MR) is 107 cm³/mol. The molecule has 0 heterocycles. The van der Waals surface area contributed by atoms with E-state index in [0.29, 0.717) is 16.6 Å². The fourth-order valence-electron chi connectivity index (χ4n) is 2.23. The van der Waals surface area contributed by atoms with E-state index in [1.165, 1.54) is 31.0 Å². The number of alkyl halides is 2. The van der Waals surface area contributed by atoms with Gasteiger partial charge in [-0.25, -0.2) is 0 Å². The van der Waals surface area contributed by atoms with Crippen molar-refractivity contribution in [3.05, 3.63) is 53.6 Å². The van der Waals surface area contributed by atoms with Crippen LogP contribution in [0, 0.1) is 0 Å². The summed E-state index contributed by atoms with van der Waals surface area (Å²) in [6, 6.07) is 12.5. The zero-order valence-electron chi connectivity index (χ0n) is 15.2. The first kappa shape index (κ1) is 20.6. The molecule has 27 heavy (non-hydrogen) atoms. The van der Waals surface area contributed by atoms with Crippen LogP contribution in [0.25, 0.3) is 0 Å². The number of thiocarbonyl (C=S) groups is 1. The van der Waals surface area contributed by atoms with Crippen molar-refractivity contribution < 1.29 is 18.3 Å². The Bertz CT molecular complexity index is 796. The second-order valence-corrected chi connectivity index (χ2v) is 6.30. The molecule has 0 fully saturated rings. The summed E-state index contributed by atoms with van der Waals surface area (Å²) in [7, 11) is 1.37. The molecule has 0 spiro atoms. The lowest BCUT2D eigenvalue weighted by Gasteiger charge is -2.10. The largest absolute Gasteiger partial charge is 0.493 e. The molecule has 0 saturated carbocycles. The third kappa shape index (κ3) is 6.49. The summed E-state index contributed by atoms with van der Waals surface area (Å²) in [6.07, 6.45) is 1.49. The summed E-state index contributed by atoms with van der Waals surface area (Å²) in [6.45, 7) is 1.34. The summed E-state index contributed by atoms with van der Waals surface area (Å²) in [5.41, 5.74) is 5.42. The highest BCUT2D eigenvalue weighted by molar-refractivity contribution is 7.80. The number of hydrazone groups is 1. The first-order chi connectivity index (χ1) is 12.9. The van der Waals surface area contributed by atoms with Crippen LogP contribution < -0.4 is 20.2 Å². The van der Waals surface area contributed by atoms with E-state index in [9.17, 15) is 8.78 Å². The van der Waals surface area contributed by atoms with E-state index < -0.39 is 6.61 Å². The van der Waals surface area contributed by atoms with Gasteiger partial charge in [0.2, 0.25) is 0 Å². The molecular formula is C19H21F2N3O2S. The van der Waals surface area contributed by atoms with Crippen molar-refractivity contribution in [2.24, 2.45) is 5.10 Å². The van der Waals surface area contributed by atoms with Crippen LogP contribution >= 0.6 is 12.2 Å². The normalized spacial score (nSPS) is 11.1. The molecule has 0 amide bonds. The van der Waals surface area contributed by atoms with E-state index in [4.69, 9.17) is 17.0 Å². The van der Waals surface area contributed by atoms with Crippen LogP contribution in [0.5, 0.6) is 11.5 Å². The Kier molecular flexibility index (Phi) is 7.48. The maximum Gasteiger partial charge on any atom is 0.387 e. The molecule has 0 aliphatic rings. The van der Waals surface area contributed by atoms with Crippen molar-refractivity contribution in [1.82, 2.24) is 5.43 Å². The Morgan fingerprint density at radius 1 is 1.11 bits per heavy atom. The van der Waals surface area contributed by atoms with Crippen LogP contribution in [0.4, 0.5) is 14.5 Å². The van der Waals surface area contributed by atoms with Crippen LogP contribution in [0.3, 0.4) is 0 Å². The number of hydrogen-bond acceptors (Lipinski definition) is 4. The highest BCUT2D eigenvalue weighted by Crippen LogP contribution is 2.28. The average Bonchev–Trinajstić information content (AvgIpc) is 2.62. The summed E-state index contributed by atoms with van der Waals surface area (Å²) >= 11 is 5.19. The third-order valence-corrected chi connectivity index (χ3v) is 3.81. The van der Waals surface area contributed by atoms with Gasteiger partial charge in [0.25, 0.3) is 0 Å². The van der Waals surface area contributed by atoms with Gasteiger partial charge < -0.3 is 14.8 Å². The number of ether oxygens (including phenoxy) is 2. The zero-order valence-corrected chi connectivity index (χ0v) is 16.0. The Hall–Kier alpha value is -2.74. The van der Waals surface area contributed by atoms with Crippen molar-refractivity contribution in [3.63, 3.8) is 0 Å². The van der Waals surface area contributed by atoms with E-state index in [0.717, 1.165) is 5.69 Å². The quantitative estimate of drug-likeness (QED) is 0.404. The summed E-state index contributed by atoms with van der Waals surface area (Å²) in [4.78, 5) is 0. The molecule has 0 aromatic heterocycles. The number of anilines is 1. The van der Waals surface area contributed by atoms with Gasteiger partial charge in [-0.15, -0.1) is 0 Å². The Labute approximate surface area is 162 Å². The minimum absolute atomic E-state index is 0.0420. The van der Waals surface area contributed by atoms with E-state index in [1.807, 2.05) is 24.3 Å². The lowest BCUT2D eigenvalue weighted by Crippen LogP contribution is -2.23. The topological polar surface area (TPSA) is 54.9 Å². The average molecular weight is 393 g/mol. The second-order valence-electron chi connectivity index (χ2n) is 5.89. The van der Waals surface area contributed by atoms with E-state index >= 15 is 0 Å². The van der Waals surface area contributed by atoms with Crippen molar-refractivity contribution >= 4 is 29.2 Å². The van der Waals surface area contributed by atoms with Crippen molar-refractivity contribution in [1.29, 1.82) is 0 Å². The fraction of sp³-hybridized carbons (Fsp3) is 0.263. The minimum Gasteiger partial charge on any atom is -0.493 e. The van der Waals surface area contributed by atoms with Crippen molar-refractivity contribution in [2.45, 2.75) is 26.4 Å². The third-order valence-electron chi connectivity index (χ3n) is 3.62. The smallest absolute Gasteiger partial charge is 0.387 e. The maximum absolute atomic E-state index is 12.3. The van der Waals surface area contributed by atoms with Crippen LogP contribution in [0.2, 0.25) is 0 Å². The summed E-state index contributed by atoms with van der Waals surface area (Å²) < 4.78 is 34.1. The van der Waals surface area contributed by atoms with Gasteiger partial charge in [-0.2, -0.15) is 13.9 Å². The fourth-order valence-corrected chi connectivity index (χ4v) is 2.40. The first-order valence-electron chi connectivity index (χ1n) is 8.22.